The van der Waals surface area contributed by atoms with E-state index < -0.39 is 0 Å². The van der Waals surface area contributed by atoms with Gasteiger partial charge in [-0.1, -0.05) is 80.4 Å². The zero-order valence-corrected chi connectivity index (χ0v) is 17.9. The van der Waals surface area contributed by atoms with E-state index in [0.717, 1.165) is 30.4 Å². The molecule has 0 heterocycles. The van der Waals surface area contributed by atoms with Gasteiger partial charge in [-0.3, -0.25) is 9.59 Å². The molecular formula is C25H34N2O2. The largest absolute Gasteiger partial charge is 0.350 e. The smallest absolute Gasteiger partial charge is 0.223 e. The zero-order valence-electron chi connectivity index (χ0n) is 17.9. The van der Waals surface area contributed by atoms with Crippen molar-refractivity contribution in [3.05, 3.63) is 71.8 Å². The Kier molecular flexibility index (Phi) is 9.42. The van der Waals surface area contributed by atoms with E-state index in [1.165, 1.54) is 0 Å². The number of hydrogen-bond donors (Lipinski definition) is 1. The third-order valence-electron chi connectivity index (χ3n) is 5.32. The summed E-state index contributed by atoms with van der Waals surface area (Å²) in [5, 5.41) is 3.04. The Morgan fingerprint density at radius 3 is 2.03 bits per heavy atom. The fraction of sp³-hybridized carbons (Fsp3) is 0.440. The number of amides is 2. The van der Waals surface area contributed by atoms with Gasteiger partial charge in [0, 0.05) is 19.4 Å². The zero-order chi connectivity index (χ0) is 21.1. The lowest BCUT2D eigenvalue weighted by Crippen LogP contribution is -2.37. The molecule has 0 aliphatic carbocycles. The maximum Gasteiger partial charge on any atom is 0.223 e. The molecule has 0 radical (unpaired) electrons. The van der Waals surface area contributed by atoms with Gasteiger partial charge in [0.15, 0.2) is 0 Å². The minimum Gasteiger partial charge on any atom is -0.350 e. The molecule has 0 saturated carbocycles. The number of rotatable bonds is 11. The molecule has 2 unspecified atom stereocenters. The van der Waals surface area contributed by atoms with Crippen LogP contribution in [0.15, 0.2) is 60.7 Å². The first-order valence-corrected chi connectivity index (χ1v) is 10.7. The lowest BCUT2D eigenvalue weighted by Gasteiger charge is -2.30. The number of hydrogen-bond acceptors (Lipinski definition) is 2. The summed E-state index contributed by atoms with van der Waals surface area (Å²) in [5.74, 6) is 0.0895. The van der Waals surface area contributed by atoms with E-state index in [-0.39, 0.29) is 23.9 Å². The van der Waals surface area contributed by atoms with Gasteiger partial charge in [-0.05, 0) is 31.4 Å². The maximum absolute atomic E-state index is 12.9. The minimum absolute atomic E-state index is 0.0343. The Balaban J connectivity index is 1.98. The standard InChI is InChI=1S/C25H34N2O2/c1-4-5-8-17-25(29)27(21(3)23-15-11-7-12-16-23)19-18-24(28)26-20(2)22-13-9-6-10-14-22/h6-7,9-16,20-21H,4-5,8,17-19H2,1-3H3,(H,26,28). The van der Waals surface area contributed by atoms with Crippen LogP contribution in [0.25, 0.3) is 0 Å². The second kappa shape index (κ2) is 12.1. The van der Waals surface area contributed by atoms with Crippen molar-refractivity contribution in [3.63, 3.8) is 0 Å². The van der Waals surface area contributed by atoms with Gasteiger partial charge in [0.1, 0.15) is 0 Å². The van der Waals surface area contributed by atoms with Crippen LogP contribution in [0.3, 0.4) is 0 Å². The van der Waals surface area contributed by atoms with Gasteiger partial charge < -0.3 is 10.2 Å². The van der Waals surface area contributed by atoms with Crippen molar-refractivity contribution in [3.8, 4) is 0 Å². The SMILES string of the molecule is CCCCCC(=O)N(CCC(=O)NC(C)c1ccccc1)C(C)c1ccccc1. The molecule has 0 aliphatic heterocycles. The summed E-state index contributed by atoms with van der Waals surface area (Å²) in [6.45, 7) is 6.58. The van der Waals surface area contributed by atoms with Crippen molar-refractivity contribution < 1.29 is 9.59 Å². The lowest BCUT2D eigenvalue weighted by atomic mass is 10.1. The van der Waals surface area contributed by atoms with E-state index >= 15 is 0 Å². The van der Waals surface area contributed by atoms with E-state index in [2.05, 4.69) is 12.2 Å². The second-order valence-corrected chi connectivity index (χ2v) is 7.58. The predicted molar refractivity (Wildman–Crippen MR) is 118 cm³/mol. The van der Waals surface area contributed by atoms with Crippen molar-refractivity contribution >= 4 is 11.8 Å². The Labute approximate surface area is 175 Å². The number of benzene rings is 2. The highest BCUT2D eigenvalue weighted by molar-refractivity contribution is 5.79. The van der Waals surface area contributed by atoms with Gasteiger partial charge in [-0.25, -0.2) is 0 Å². The van der Waals surface area contributed by atoms with Crippen molar-refractivity contribution in [1.82, 2.24) is 10.2 Å². The quantitative estimate of drug-likeness (QED) is 0.517. The number of unbranched alkanes of at least 4 members (excludes halogenated alkanes) is 2. The molecule has 4 heteroatoms. The van der Waals surface area contributed by atoms with Crippen molar-refractivity contribution in [2.75, 3.05) is 6.54 Å². The third-order valence-corrected chi connectivity index (χ3v) is 5.32. The van der Waals surface area contributed by atoms with E-state index in [4.69, 9.17) is 0 Å². The van der Waals surface area contributed by atoms with Crippen LogP contribution in [0.4, 0.5) is 0 Å². The molecule has 29 heavy (non-hydrogen) atoms. The average Bonchev–Trinajstić information content (AvgIpc) is 2.75. The van der Waals surface area contributed by atoms with Gasteiger partial charge in [-0.2, -0.15) is 0 Å². The Hall–Kier alpha value is -2.62. The fourth-order valence-corrected chi connectivity index (χ4v) is 3.48. The summed E-state index contributed by atoms with van der Waals surface area (Å²) in [5.41, 5.74) is 2.17. The number of nitrogens with one attached hydrogen (secondary N) is 1. The van der Waals surface area contributed by atoms with Crippen LogP contribution in [0.2, 0.25) is 0 Å². The second-order valence-electron chi connectivity index (χ2n) is 7.58. The van der Waals surface area contributed by atoms with Crippen LogP contribution in [-0.4, -0.2) is 23.3 Å². The highest BCUT2D eigenvalue weighted by Crippen LogP contribution is 2.22. The molecule has 0 spiro atoms. The molecule has 0 aliphatic rings. The van der Waals surface area contributed by atoms with Crippen molar-refractivity contribution in [2.45, 2.75) is 65.0 Å². The average molecular weight is 395 g/mol. The molecule has 2 aromatic rings. The first-order chi connectivity index (χ1) is 14.0. The minimum atomic E-state index is -0.0519. The summed E-state index contributed by atoms with van der Waals surface area (Å²) in [6.07, 6.45) is 3.86. The Morgan fingerprint density at radius 1 is 0.862 bits per heavy atom. The van der Waals surface area contributed by atoms with Gasteiger partial charge in [0.05, 0.1) is 12.1 Å². The van der Waals surface area contributed by atoms with E-state index in [1.807, 2.05) is 79.4 Å². The van der Waals surface area contributed by atoms with Gasteiger partial charge in [-0.15, -0.1) is 0 Å². The predicted octanol–water partition coefficient (Wildman–Crippen LogP) is 5.42. The van der Waals surface area contributed by atoms with Gasteiger partial charge >= 0.3 is 0 Å². The Bertz CT molecular complexity index is 746. The maximum atomic E-state index is 12.9. The van der Waals surface area contributed by atoms with Gasteiger partial charge in [0.25, 0.3) is 0 Å². The Morgan fingerprint density at radius 2 is 1.45 bits per heavy atom. The summed E-state index contributed by atoms with van der Waals surface area (Å²) in [6, 6.07) is 19.8. The third kappa shape index (κ3) is 7.37. The van der Waals surface area contributed by atoms with E-state index in [0.29, 0.717) is 19.4 Å². The summed E-state index contributed by atoms with van der Waals surface area (Å²) in [4.78, 5) is 27.3. The summed E-state index contributed by atoms with van der Waals surface area (Å²) >= 11 is 0. The normalized spacial score (nSPS) is 12.8. The van der Waals surface area contributed by atoms with E-state index in [1.54, 1.807) is 0 Å². The van der Waals surface area contributed by atoms with Crippen molar-refractivity contribution in [2.24, 2.45) is 0 Å². The van der Waals surface area contributed by atoms with Crippen LogP contribution in [0.1, 0.15) is 76.1 Å². The van der Waals surface area contributed by atoms with Crippen LogP contribution in [-0.2, 0) is 9.59 Å². The summed E-state index contributed by atoms with van der Waals surface area (Å²) in [7, 11) is 0. The first kappa shape index (κ1) is 22.7. The fourth-order valence-electron chi connectivity index (χ4n) is 3.48. The van der Waals surface area contributed by atoms with E-state index in [9.17, 15) is 9.59 Å². The molecule has 4 nitrogen and oxygen atoms in total. The first-order valence-electron chi connectivity index (χ1n) is 10.7. The van der Waals surface area contributed by atoms with Crippen LogP contribution in [0.5, 0.6) is 0 Å². The molecule has 2 amide bonds. The highest BCUT2D eigenvalue weighted by atomic mass is 16.2. The molecule has 1 N–H and O–H groups in total. The molecule has 0 aromatic heterocycles. The molecule has 2 atom stereocenters. The molecule has 2 aromatic carbocycles. The topological polar surface area (TPSA) is 49.4 Å². The summed E-state index contributed by atoms with van der Waals surface area (Å²) < 4.78 is 0. The molecule has 2 rings (SSSR count). The number of carbonyl (C=O) groups is 2. The monoisotopic (exact) mass is 394 g/mol. The highest BCUT2D eigenvalue weighted by Gasteiger charge is 2.22. The molecule has 0 bridgehead atoms. The molecular weight excluding hydrogens is 360 g/mol. The van der Waals surface area contributed by atoms with Crippen LogP contribution >= 0.6 is 0 Å². The molecule has 156 valence electrons. The van der Waals surface area contributed by atoms with Crippen LogP contribution in [0, 0.1) is 0 Å². The molecule has 0 saturated heterocycles. The molecule has 0 fully saturated rings. The number of carbonyl (C=O) groups excluding carboxylic acids is 2. The van der Waals surface area contributed by atoms with Gasteiger partial charge in [0.2, 0.25) is 11.8 Å². The lowest BCUT2D eigenvalue weighted by molar-refractivity contribution is -0.134. The van der Waals surface area contributed by atoms with Crippen molar-refractivity contribution in [1.29, 1.82) is 0 Å². The van der Waals surface area contributed by atoms with Crippen LogP contribution < -0.4 is 5.32 Å². The number of nitrogens with zero attached hydrogens (tertiary/aromatic N) is 1.